The van der Waals surface area contributed by atoms with E-state index in [4.69, 9.17) is 0 Å². The SMILES string of the molecule is CCNCC(C)(Cc1ccc(Br)cc1)C1CC1. The van der Waals surface area contributed by atoms with E-state index in [2.05, 4.69) is 59.4 Å². The van der Waals surface area contributed by atoms with Crippen molar-refractivity contribution in [2.45, 2.75) is 33.1 Å². The molecule has 0 spiro atoms. The highest BCUT2D eigenvalue weighted by Gasteiger charge is 2.40. The first-order valence-corrected chi connectivity index (χ1v) is 7.38. The summed E-state index contributed by atoms with van der Waals surface area (Å²) in [6.07, 6.45) is 4.02. The van der Waals surface area contributed by atoms with E-state index in [1.165, 1.54) is 29.3 Å². The van der Waals surface area contributed by atoms with Gasteiger partial charge >= 0.3 is 0 Å². The van der Waals surface area contributed by atoms with Crippen molar-refractivity contribution < 1.29 is 0 Å². The quantitative estimate of drug-likeness (QED) is 0.836. The van der Waals surface area contributed by atoms with Gasteiger partial charge in [0.1, 0.15) is 0 Å². The topological polar surface area (TPSA) is 12.0 Å². The van der Waals surface area contributed by atoms with Gasteiger partial charge in [0.2, 0.25) is 0 Å². The van der Waals surface area contributed by atoms with Gasteiger partial charge in [-0.05, 0) is 54.8 Å². The second-order valence-electron chi connectivity index (χ2n) is 5.51. The number of benzene rings is 1. The highest BCUT2D eigenvalue weighted by atomic mass is 79.9. The van der Waals surface area contributed by atoms with Crippen LogP contribution in [0, 0.1) is 11.3 Å². The van der Waals surface area contributed by atoms with Gasteiger partial charge in [-0.2, -0.15) is 0 Å². The Morgan fingerprint density at radius 3 is 2.47 bits per heavy atom. The third-order valence-electron chi connectivity index (χ3n) is 3.86. The highest BCUT2D eigenvalue weighted by Crippen LogP contribution is 2.47. The highest BCUT2D eigenvalue weighted by molar-refractivity contribution is 9.10. The van der Waals surface area contributed by atoms with Crippen LogP contribution in [0.4, 0.5) is 0 Å². The average Bonchev–Trinajstić information content (AvgIpc) is 3.14. The standard InChI is InChI=1S/C15H22BrN/c1-3-17-11-15(2,13-6-7-13)10-12-4-8-14(16)9-5-12/h4-5,8-9,13,17H,3,6-7,10-11H2,1-2H3. The van der Waals surface area contributed by atoms with E-state index in [1.807, 2.05) is 0 Å². The minimum atomic E-state index is 0.434. The predicted molar refractivity (Wildman–Crippen MR) is 77.2 cm³/mol. The molecule has 2 heteroatoms. The number of hydrogen-bond acceptors (Lipinski definition) is 1. The van der Waals surface area contributed by atoms with Gasteiger partial charge in [-0.25, -0.2) is 0 Å². The van der Waals surface area contributed by atoms with E-state index in [-0.39, 0.29) is 0 Å². The molecule has 1 atom stereocenters. The van der Waals surface area contributed by atoms with E-state index in [1.54, 1.807) is 0 Å². The molecule has 94 valence electrons. The molecule has 0 radical (unpaired) electrons. The van der Waals surface area contributed by atoms with Crippen LogP contribution in [0.1, 0.15) is 32.3 Å². The van der Waals surface area contributed by atoms with Crippen molar-refractivity contribution in [1.82, 2.24) is 5.32 Å². The Labute approximate surface area is 113 Å². The van der Waals surface area contributed by atoms with Gasteiger partial charge in [0, 0.05) is 11.0 Å². The van der Waals surface area contributed by atoms with E-state index in [0.717, 1.165) is 19.0 Å². The Bertz CT molecular complexity index is 356. The molecule has 1 nitrogen and oxygen atoms in total. The zero-order chi connectivity index (χ0) is 12.3. The van der Waals surface area contributed by atoms with Crippen molar-refractivity contribution in [1.29, 1.82) is 0 Å². The molecule has 1 saturated carbocycles. The number of hydrogen-bond donors (Lipinski definition) is 1. The molecule has 1 aromatic rings. The summed E-state index contributed by atoms with van der Waals surface area (Å²) in [7, 11) is 0. The van der Waals surface area contributed by atoms with Gasteiger partial charge in [0.15, 0.2) is 0 Å². The summed E-state index contributed by atoms with van der Waals surface area (Å²) < 4.78 is 1.17. The van der Waals surface area contributed by atoms with Crippen LogP contribution in [0.25, 0.3) is 0 Å². The second-order valence-corrected chi connectivity index (χ2v) is 6.43. The first kappa shape index (κ1) is 13.1. The summed E-state index contributed by atoms with van der Waals surface area (Å²) in [6, 6.07) is 8.79. The molecule has 0 bridgehead atoms. The number of rotatable bonds is 6. The Kier molecular flexibility index (Phi) is 4.26. The summed E-state index contributed by atoms with van der Waals surface area (Å²) in [4.78, 5) is 0. The second kappa shape index (κ2) is 5.53. The molecule has 1 unspecified atom stereocenters. The lowest BCUT2D eigenvalue weighted by Crippen LogP contribution is -2.35. The molecular formula is C15H22BrN. The fraction of sp³-hybridized carbons (Fsp3) is 0.600. The fourth-order valence-electron chi connectivity index (χ4n) is 2.61. The van der Waals surface area contributed by atoms with Crippen LogP contribution < -0.4 is 5.32 Å². The van der Waals surface area contributed by atoms with Gasteiger partial charge in [0.25, 0.3) is 0 Å². The molecule has 17 heavy (non-hydrogen) atoms. The number of halogens is 1. The average molecular weight is 296 g/mol. The van der Waals surface area contributed by atoms with Crippen LogP contribution in [-0.4, -0.2) is 13.1 Å². The summed E-state index contributed by atoms with van der Waals surface area (Å²) in [5.74, 6) is 0.921. The maximum atomic E-state index is 3.53. The smallest absolute Gasteiger partial charge is 0.0175 e. The summed E-state index contributed by atoms with van der Waals surface area (Å²) in [5, 5.41) is 3.53. The Morgan fingerprint density at radius 1 is 1.29 bits per heavy atom. The molecule has 0 heterocycles. The van der Waals surface area contributed by atoms with Crippen LogP contribution in [0.15, 0.2) is 28.7 Å². The van der Waals surface area contributed by atoms with Crippen molar-refractivity contribution in [3.05, 3.63) is 34.3 Å². The van der Waals surface area contributed by atoms with Crippen molar-refractivity contribution in [3.8, 4) is 0 Å². The van der Waals surface area contributed by atoms with Gasteiger partial charge in [-0.15, -0.1) is 0 Å². The molecule has 0 aliphatic heterocycles. The lowest BCUT2D eigenvalue weighted by Gasteiger charge is -2.30. The van der Waals surface area contributed by atoms with Crippen LogP contribution in [0.3, 0.4) is 0 Å². The minimum absolute atomic E-state index is 0.434. The monoisotopic (exact) mass is 295 g/mol. The Morgan fingerprint density at radius 2 is 1.94 bits per heavy atom. The maximum absolute atomic E-state index is 3.53. The summed E-state index contributed by atoms with van der Waals surface area (Å²) in [6.45, 7) is 6.84. The lowest BCUT2D eigenvalue weighted by molar-refractivity contribution is 0.258. The molecule has 1 aliphatic rings. The molecule has 0 saturated heterocycles. The Hall–Kier alpha value is -0.340. The molecule has 1 fully saturated rings. The third kappa shape index (κ3) is 3.56. The Balaban J connectivity index is 2.04. The third-order valence-corrected chi connectivity index (χ3v) is 4.39. The van der Waals surface area contributed by atoms with Crippen LogP contribution >= 0.6 is 15.9 Å². The van der Waals surface area contributed by atoms with Crippen molar-refractivity contribution >= 4 is 15.9 Å². The molecule has 2 rings (SSSR count). The first-order chi connectivity index (χ1) is 8.14. The molecule has 1 aromatic carbocycles. The van der Waals surface area contributed by atoms with Crippen LogP contribution in [0.5, 0.6) is 0 Å². The molecule has 0 aromatic heterocycles. The van der Waals surface area contributed by atoms with E-state index >= 15 is 0 Å². The van der Waals surface area contributed by atoms with Crippen molar-refractivity contribution in [2.24, 2.45) is 11.3 Å². The normalized spacial score (nSPS) is 19.0. The van der Waals surface area contributed by atoms with Crippen molar-refractivity contribution in [3.63, 3.8) is 0 Å². The molecule has 0 amide bonds. The summed E-state index contributed by atoms with van der Waals surface area (Å²) >= 11 is 3.50. The summed E-state index contributed by atoms with van der Waals surface area (Å²) in [5.41, 5.74) is 1.89. The molecule has 1 N–H and O–H groups in total. The molecule has 1 aliphatic carbocycles. The van der Waals surface area contributed by atoms with Crippen LogP contribution in [-0.2, 0) is 6.42 Å². The van der Waals surface area contributed by atoms with Gasteiger partial charge < -0.3 is 5.32 Å². The zero-order valence-electron chi connectivity index (χ0n) is 10.8. The van der Waals surface area contributed by atoms with E-state index < -0.39 is 0 Å². The first-order valence-electron chi connectivity index (χ1n) is 6.59. The number of nitrogens with one attached hydrogen (secondary N) is 1. The van der Waals surface area contributed by atoms with Gasteiger partial charge in [-0.1, -0.05) is 41.9 Å². The predicted octanol–water partition coefficient (Wildman–Crippen LogP) is 4.02. The van der Waals surface area contributed by atoms with Gasteiger partial charge in [0.05, 0.1) is 0 Å². The maximum Gasteiger partial charge on any atom is 0.0175 e. The van der Waals surface area contributed by atoms with E-state index in [0.29, 0.717) is 5.41 Å². The minimum Gasteiger partial charge on any atom is -0.316 e. The fourth-order valence-corrected chi connectivity index (χ4v) is 2.87. The lowest BCUT2D eigenvalue weighted by atomic mass is 9.79. The van der Waals surface area contributed by atoms with Crippen molar-refractivity contribution in [2.75, 3.05) is 13.1 Å². The van der Waals surface area contributed by atoms with Crippen LogP contribution in [0.2, 0.25) is 0 Å². The largest absolute Gasteiger partial charge is 0.316 e. The van der Waals surface area contributed by atoms with Gasteiger partial charge in [-0.3, -0.25) is 0 Å². The molecular weight excluding hydrogens is 274 g/mol. The van der Waals surface area contributed by atoms with E-state index in [9.17, 15) is 0 Å². The zero-order valence-corrected chi connectivity index (χ0v) is 12.4.